The zero-order valence-electron chi connectivity index (χ0n) is 19.3. The van der Waals surface area contributed by atoms with Crippen LogP contribution in [-0.2, 0) is 16.9 Å². The second kappa shape index (κ2) is 8.48. The molecule has 0 saturated heterocycles. The van der Waals surface area contributed by atoms with Crippen molar-refractivity contribution in [2.45, 2.75) is 11.8 Å². The number of aryl methyl sites for hydroxylation is 2. The zero-order valence-corrected chi connectivity index (χ0v) is 20.1. The molecule has 5 aromatic rings. The number of amides is 1. The van der Waals surface area contributed by atoms with Gasteiger partial charge in [0.2, 0.25) is 0 Å². The third-order valence-electron chi connectivity index (χ3n) is 5.82. The second-order valence-corrected chi connectivity index (χ2v) is 10.3. The number of carbonyl (C=O) groups excluding carboxylic acids is 1. The fraction of sp³-hybridized carbons (Fsp3) is 0.120. The molecule has 0 unspecified atom stereocenters. The van der Waals surface area contributed by atoms with E-state index in [-0.39, 0.29) is 10.8 Å². The van der Waals surface area contributed by atoms with Crippen LogP contribution in [0.1, 0.15) is 15.9 Å². The molecule has 0 saturated carbocycles. The maximum absolute atomic E-state index is 12.8. The molecule has 0 aliphatic rings. The van der Waals surface area contributed by atoms with Gasteiger partial charge in [-0.05, 0) is 72.1 Å². The lowest BCUT2D eigenvalue weighted by Crippen LogP contribution is -2.14. The predicted molar refractivity (Wildman–Crippen MR) is 133 cm³/mol. The van der Waals surface area contributed by atoms with Crippen molar-refractivity contribution in [1.29, 1.82) is 0 Å². The number of nitrogens with one attached hydrogen (secondary N) is 1. The number of fused-ring (bicyclic) bond motifs is 1. The highest BCUT2D eigenvalue weighted by atomic mass is 32.2. The van der Waals surface area contributed by atoms with Crippen molar-refractivity contribution in [3.8, 4) is 22.5 Å². The van der Waals surface area contributed by atoms with Crippen molar-refractivity contribution in [2.24, 2.45) is 7.05 Å². The summed E-state index contributed by atoms with van der Waals surface area (Å²) in [5, 5.41) is 15.5. The minimum atomic E-state index is -3.27. The molecule has 3 aromatic heterocycles. The van der Waals surface area contributed by atoms with E-state index in [1.165, 1.54) is 6.26 Å². The highest BCUT2D eigenvalue weighted by Gasteiger charge is 2.14. The molecule has 10 heteroatoms. The molecule has 176 valence electrons. The third-order valence-corrected chi connectivity index (χ3v) is 6.95. The molecule has 0 atom stereocenters. The van der Waals surface area contributed by atoms with Crippen LogP contribution in [0.4, 0.5) is 5.82 Å². The van der Waals surface area contributed by atoms with Crippen LogP contribution in [0.15, 0.2) is 78.0 Å². The number of rotatable bonds is 5. The van der Waals surface area contributed by atoms with E-state index >= 15 is 0 Å². The van der Waals surface area contributed by atoms with Crippen LogP contribution in [0.5, 0.6) is 0 Å². The first-order valence-corrected chi connectivity index (χ1v) is 12.7. The number of anilines is 1. The van der Waals surface area contributed by atoms with E-state index < -0.39 is 9.84 Å². The molecule has 35 heavy (non-hydrogen) atoms. The molecule has 9 nitrogen and oxygen atoms in total. The lowest BCUT2D eigenvalue weighted by molar-refractivity contribution is 0.102. The Kier molecular flexibility index (Phi) is 5.45. The van der Waals surface area contributed by atoms with E-state index in [2.05, 4.69) is 20.6 Å². The number of hydrogen-bond acceptors (Lipinski definition) is 6. The summed E-state index contributed by atoms with van der Waals surface area (Å²) in [6.07, 6.45) is 4.67. The Bertz CT molecular complexity index is 1680. The van der Waals surface area contributed by atoms with Gasteiger partial charge in [-0.25, -0.2) is 8.42 Å². The van der Waals surface area contributed by atoms with Gasteiger partial charge in [0.15, 0.2) is 21.3 Å². The third kappa shape index (κ3) is 4.31. The van der Waals surface area contributed by atoms with E-state index in [1.807, 2.05) is 41.8 Å². The molecule has 0 bridgehead atoms. The Morgan fingerprint density at radius 1 is 0.943 bits per heavy atom. The van der Waals surface area contributed by atoms with Gasteiger partial charge in [-0.3, -0.25) is 13.9 Å². The van der Waals surface area contributed by atoms with Crippen molar-refractivity contribution >= 4 is 27.2 Å². The predicted octanol–water partition coefficient (Wildman–Crippen LogP) is 3.76. The van der Waals surface area contributed by atoms with Gasteiger partial charge in [0, 0.05) is 36.7 Å². The molecule has 0 spiro atoms. The minimum absolute atomic E-state index is 0.224. The average Bonchev–Trinajstić information content (AvgIpc) is 3.44. The Hall–Kier alpha value is -4.31. The summed E-state index contributed by atoms with van der Waals surface area (Å²) in [6.45, 7) is 1.99. The summed E-state index contributed by atoms with van der Waals surface area (Å²) >= 11 is 0. The van der Waals surface area contributed by atoms with Gasteiger partial charge in [0.25, 0.3) is 5.91 Å². The maximum atomic E-state index is 12.8. The molecule has 0 radical (unpaired) electrons. The van der Waals surface area contributed by atoms with Gasteiger partial charge >= 0.3 is 0 Å². The summed E-state index contributed by atoms with van der Waals surface area (Å²) in [4.78, 5) is 13.1. The molecule has 0 aliphatic carbocycles. The Morgan fingerprint density at radius 3 is 2.40 bits per heavy atom. The Morgan fingerprint density at radius 2 is 1.71 bits per heavy atom. The van der Waals surface area contributed by atoms with Gasteiger partial charge in [-0.1, -0.05) is 6.07 Å². The summed E-state index contributed by atoms with van der Waals surface area (Å²) < 4.78 is 26.9. The van der Waals surface area contributed by atoms with E-state index in [0.29, 0.717) is 22.9 Å². The maximum Gasteiger partial charge on any atom is 0.256 e. The number of nitrogens with zero attached hydrogens (tertiary/aromatic N) is 5. The number of pyridine rings is 1. The number of sulfone groups is 1. The monoisotopic (exact) mass is 486 g/mol. The van der Waals surface area contributed by atoms with E-state index in [9.17, 15) is 13.2 Å². The average molecular weight is 487 g/mol. The minimum Gasteiger partial charge on any atom is -0.307 e. The van der Waals surface area contributed by atoms with E-state index in [0.717, 1.165) is 22.3 Å². The van der Waals surface area contributed by atoms with Gasteiger partial charge in [-0.15, -0.1) is 10.2 Å². The number of hydrogen-bond donors (Lipinski definition) is 1. The van der Waals surface area contributed by atoms with Gasteiger partial charge in [-0.2, -0.15) is 5.10 Å². The largest absolute Gasteiger partial charge is 0.307 e. The fourth-order valence-electron chi connectivity index (χ4n) is 3.87. The summed E-state index contributed by atoms with van der Waals surface area (Å²) in [5.74, 6) is 0.991. The molecular formula is C25H22N6O3S. The SMILES string of the molecule is Cc1ccc(C(=O)Nc2ccnn2C)cc1-c1ccn2c(-c3ccc(S(C)(=O)=O)cc3)nnc2c1. The molecular weight excluding hydrogens is 464 g/mol. The lowest BCUT2D eigenvalue weighted by Gasteiger charge is -2.11. The topological polar surface area (TPSA) is 111 Å². The van der Waals surface area contributed by atoms with Crippen molar-refractivity contribution < 1.29 is 13.2 Å². The van der Waals surface area contributed by atoms with Crippen LogP contribution in [0.25, 0.3) is 28.2 Å². The summed E-state index contributed by atoms with van der Waals surface area (Å²) in [7, 11) is -1.51. The quantitative estimate of drug-likeness (QED) is 0.405. The molecule has 3 heterocycles. The van der Waals surface area contributed by atoms with Crippen molar-refractivity contribution in [3.63, 3.8) is 0 Å². The first-order chi connectivity index (χ1) is 16.7. The normalized spacial score (nSPS) is 11.6. The van der Waals surface area contributed by atoms with Gasteiger partial charge in [0.1, 0.15) is 5.82 Å². The first-order valence-electron chi connectivity index (χ1n) is 10.8. The molecule has 1 amide bonds. The van der Waals surface area contributed by atoms with Crippen LogP contribution in [0.3, 0.4) is 0 Å². The smallest absolute Gasteiger partial charge is 0.256 e. The number of benzene rings is 2. The van der Waals surface area contributed by atoms with E-state index in [1.54, 1.807) is 54.3 Å². The molecule has 2 aromatic carbocycles. The van der Waals surface area contributed by atoms with E-state index in [4.69, 9.17) is 0 Å². The molecule has 5 rings (SSSR count). The Balaban J connectivity index is 1.47. The van der Waals surface area contributed by atoms with Crippen LogP contribution in [0.2, 0.25) is 0 Å². The fourth-order valence-corrected chi connectivity index (χ4v) is 4.50. The van der Waals surface area contributed by atoms with Crippen LogP contribution in [-0.4, -0.2) is 45.0 Å². The molecule has 0 fully saturated rings. The number of carbonyl (C=O) groups is 1. The van der Waals surface area contributed by atoms with Gasteiger partial charge < -0.3 is 5.32 Å². The zero-order chi connectivity index (χ0) is 24.7. The van der Waals surface area contributed by atoms with Crippen molar-refractivity contribution in [2.75, 3.05) is 11.6 Å². The van der Waals surface area contributed by atoms with Crippen molar-refractivity contribution in [1.82, 2.24) is 24.4 Å². The van der Waals surface area contributed by atoms with Gasteiger partial charge in [0.05, 0.1) is 11.1 Å². The van der Waals surface area contributed by atoms with Crippen LogP contribution in [0, 0.1) is 6.92 Å². The highest BCUT2D eigenvalue weighted by molar-refractivity contribution is 7.90. The number of aromatic nitrogens is 5. The lowest BCUT2D eigenvalue weighted by atomic mass is 9.98. The van der Waals surface area contributed by atoms with Crippen LogP contribution >= 0.6 is 0 Å². The Labute approximate surface area is 202 Å². The standard InChI is InChI=1S/C25H22N6O3S/c1-16-4-5-19(25(32)27-22-10-12-26-30(22)2)14-21(16)18-11-13-31-23(15-18)28-29-24(31)17-6-8-20(9-7-17)35(3,33)34/h4-15H,1-3H3,(H,27,32). The van der Waals surface area contributed by atoms with Crippen LogP contribution < -0.4 is 5.32 Å². The summed E-state index contributed by atoms with van der Waals surface area (Å²) in [5.41, 5.74) is 4.74. The van der Waals surface area contributed by atoms with Crippen molar-refractivity contribution in [3.05, 3.63) is 84.2 Å². The highest BCUT2D eigenvalue weighted by Crippen LogP contribution is 2.28. The molecule has 0 aliphatic heterocycles. The molecule has 1 N–H and O–H groups in total. The first kappa shape index (κ1) is 22.5. The summed E-state index contributed by atoms with van der Waals surface area (Å²) in [6, 6.07) is 17.7. The second-order valence-electron chi connectivity index (χ2n) is 8.29.